The van der Waals surface area contributed by atoms with Crippen molar-refractivity contribution in [3.8, 4) is 11.5 Å². The summed E-state index contributed by atoms with van der Waals surface area (Å²) in [5, 5.41) is 10.0. The Morgan fingerprint density at radius 1 is 1.07 bits per heavy atom. The van der Waals surface area contributed by atoms with Crippen molar-refractivity contribution in [3.05, 3.63) is 70.9 Å². The highest BCUT2D eigenvalue weighted by atomic mass is 16.5. The number of para-hydroxylation sites is 1. The molecule has 0 aromatic heterocycles. The molecule has 6 nitrogen and oxygen atoms in total. The van der Waals surface area contributed by atoms with Gasteiger partial charge in [0.1, 0.15) is 11.5 Å². The molecule has 1 aliphatic heterocycles. The fraction of sp³-hybridized carbons (Fsp3) is 0.143. The van der Waals surface area contributed by atoms with Crippen LogP contribution in [0.2, 0.25) is 0 Å². The van der Waals surface area contributed by atoms with Crippen molar-refractivity contribution >= 4 is 23.6 Å². The number of methoxy groups -OCH3 is 2. The van der Waals surface area contributed by atoms with Gasteiger partial charge in [-0.1, -0.05) is 18.2 Å². The molecule has 0 spiro atoms. The van der Waals surface area contributed by atoms with Gasteiger partial charge in [0.05, 0.1) is 25.4 Å². The Morgan fingerprint density at radius 3 is 2.33 bits per heavy atom. The highest BCUT2D eigenvalue weighted by Gasteiger charge is 2.38. The second-order valence-corrected chi connectivity index (χ2v) is 5.91. The number of anilines is 1. The Balaban J connectivity index is 2.13. The maximum absolute atomic E-state index is 13.1. The molecule has 0 atom stereocenters. The van der Waals surface area contributed by atoms with Crippen LogP contribution in [-0.4, -0.2) is 31.2 Å². The van der Waals surface area contributed by atoms with Gasteiger partial charge in [-0.15, -0.1) is 0 Å². The predicted octanol–water partition coefficient (Wildman–Crippen LogP) is 3.28. The smallest absolute Gasteiger partial charge is 0.340 e. The molecule has 6 heteroatoms. The van der Waals surface area contributed by atoms with Gasteiger partial charge in [-0.25, -0.2) is 4.79 Å². The molecule has 1 N–H and O–H groups in total. The lowest BCUT2D eigenvalue weighted by Gasteiger charge is -2.18. The summed E-state index contributed by atoms with van der Waals surface area (Å²) in [4.78, 5) is 26.9. The Labute approximate surface area is 156 Å². The van der Waals surface area contributed by atoms with Gasteiger partial charge in [0.2, 0.25) is 0 Å². The summed E-state index contributed by atoms with van der Waals surface area (Å²) in [5.41, 5.74) is 1.82. The van der Waals surface area contributed by atoms with Crippen molar-refractivity contribution in [2.24, 2.45) is 0 Å². The van der Waals surface area contributed by atoms with E-state index >= 15 is 0 Å². The number of allylic oxidation sites excluding steroid dienone is 1. The predicted molar refractivity (Wildman–Crippen MR) is 101 cm³/mol. The fourth-order valence-electron chi connectivity index (χ4n) is 2.99. The van der Waals surface area contributed by atoms with Gasteiger partial charge >= 0.3 is 5.97 Å². The fourth-order valence-corrected chi connectivity index (χ4v) is 2.99. The van der Waals surface area contributed by atoms with E-state index in [0.29, 0.717) is 22.7 Å². The number of amides is 1. The molecular weight excluding hydrogens is 346 g/mol. The molecule has 0 aliphatic carbocycles. The number of aromatic hydroxyl groups is 1. The normalized spacial score (nSPS) is 15.4. The van der Waals surface area contributed by atoms with Crippen LogP contribution < -0.4 is 9.64 Å². The van der Waals surface area contributed by atoms with Crippen LogP contribution in [0.15, 0.2) is 65.4 Å². The van der Waals surface area contributed by atoms with Crippen molar-refractivity contribution in [1.82, 2.24) is 0 Å². The molecule has 1 heterocycles. The van der Waals surface area contributed by atoms with Crippen molar-refractivity contribution in [2.45, 2.75) is 6.92 Å². The first-order valence-electron chi connectivity index (χ1n) is 8.25. The van der Waals surface area contributed by atoms with Gasteiger partial charge in [0.15, 0.2) is 0 Å². The number of nitrogens with zero attached hydrogens (tertiary/aromatic N) is 1. The minimum absolute atomic E-state index is 0.0163. The van der Waals surface area contributed by atoms with E-state index < -0.39 is 5.97 Å². The molecule has 3 rings (SSSR count). The first-order chi connectivity index (χ1) is 13.0. The Hall–Kier alpha value is -3.54. The number of hydrogen-bond donors (Lipinski definition) is 1. The molecule has 0 unspecified atom stereocenters. The Kier molecular flexibility index (Phi) is 4.98. The van der Waals surface area contributed by atoms with Gasteiger partial charge in [-0.05, 0) is 43.3 Å². The lowest BCUT2D eigenvalue weighted by atomic mass is 10.0. The lowest BCUT2D eigenvalue weighted by Crippen LogP contribution is -2.24. The monoisotopic (exact) mass is 365 g/mol. The maximum atomic E-state index is 13.1. The van der Waals surface area contributed by atoms with Crippen LogP contribution in [0.25, 0.3) is 6.08 Å². The largest absolute Gasteiger partial charge is 0.507 e. The van der Waals surface area contributed by atoms with Gasteiger partial charge in [-0.2, -0.15) is 0 Å². The zero-order chi connectivity index (χ0) is 19.6. The van der Waals surface area contributed by atoms with E-state index in [-0.39, 0.29) is 22.8 Å². The molecule has 0 bridgehead atoms. The summed E-state index contributed by atoms with van der Waals surface area (Å²) < 4.78 is 10.0. The van der Waals surface area contributed by atoms with E-state index in [1.54, 1.807) is 56.5 Å². The van der Waals surface area contributed by atoms with Crippen LogP contribution in [0, 0.1) is 0 Å². The second-order valence-electron chi connectivity index (χ2n) is 5.91. The molecule has 2 aromatic rings. The molecule has 2 aromatic carbocycles. The van der Waals surface area contributed by atoms with Gasteiger partial charge in [0.25, 0.3) is 5.91 Å². The molecular formula is C21H19NO5. The topological polar surface area (TPSA) is 76.1 Å². The summed E-state index contributed by atoms with van der Waals surface area (Å²) >= 11 is 0. The molecule has 0 radical (unpaired) electrons. The van der Waals surface area contributed by atoms with Crippen LogP contribution in [0.4, 0.5) is 5.69 Å². The quantitative estimate of drug-likeness (QED) is 0.665. The minimum Gasteiger partial charge on any atom is -0.507 e. The van der Waals surface area contributed by atoms with Crippen LogP contribution in [-0.2, 0) is 14.3 Å². The molecule has 27 heavy (non-hydrogen) atoms. The number of carbonyl (C=O) groups is 2. The number of hydrogen-bond acceptors (Lipinski definition) is 5. The van der Waals surface area contributed by atoms with Crippen molar-refractivity contribution < 1.29 is 24.2 Å². The summed E-state index contributed by atoms with van der Waals surface area (Å²) in [6.07, 6.45) is 1.50. The van der Waals surface area contributed by atoms with Crippen LogP contribution in [0.1, 0.15) is 12.5 Å². The third-order valence-electron chi connectivity index (χ3n) is 4.36. The van der Waals surface area contributed by atoms with Crippen molar-refractivity contribution in [3.63, 3.8) is 0 Å². The summed E-state index contributed by atoms with van der Waals surface area (Å²) in [6.45, 7) is 1.68. The van der Waals surface area contributed by atoms with Crippen molar-refractivity contribution in [2.75, 3.05) is 19.1 Å². The second kappa shape index (κ2) is 7.37. The van der Waals surface area contributed by atoms with E-state index in [0.717, 1.165) is 0 Å². The number of ether oxygens (including phenoxy) is 2. The molecule has 1 aliphatic rings. The van der Waals surface area contributed by atoms with Crippen LogP contribution >= 0.6 is 0 Å². The molecule has 0 saturated carbocycles. The van der Waals surface area contributed by atoms with Crippen molar-refractivity contribution in [1.29, 1.82) is 0 Å². The minimum atomic E-state index is -0.612. The average Bonchev–Trinajstić information content (AvgIpc) is 2.93. The third-order valence-corrected chi connectivity index (χ3v) is 4.36. The van der Waals surface area contributed by atoms with E-state index in [4.69, 9.17) is 9.47 Å². The maximum Gasteiger partial charge on any atom is 0.340 e. The zero-order valence-corrected chi connectivity index (χ0v) is 15.2. The van der Waals surface area contributed by atoms with Crippen LogP contribution in [0.3, 0.4) is 0 Å². The van der Waals surface area contributed by atoms with Crippen LogP contribution in [0.5, 0.6) is 11.5 Å². The van der Waals surface area contributed by atoms with E-state index in [1.165, 1.54) is 24.2 Å². The average molecular weight is 365 g/mol. The summed E-state index contributed by atoms with van der Waals surface area (Å²) in [7, 11) is 2.82. The summed E-state index contributed by atoms with van der Waals surface area (Å²) in [6, 6.07) is 13.5. The number of phenolic OH excluding ortho intramolecular Hbond substituents is 1. The number of carbonyl (C=O) groups excluding carboxylic acids is 2. The van der Waals surface area contributed by atoms with E-state index in [2.05, 4.69) is 0 Å². The molecule has 0 fully saturated rings. The SMILES string of the molecule is COC(=O)C1=C(C)N(c2ccc(OC)cc2)C(=O)/C1=C\c1ccccc1O. The number of phenols is 1. The summed E-state index contributed by atoms with van der Waals surface area (Å²) in [5.74, 6) is -0.312. The van der Waals surface area contributed by atoms with Gasteiger partial charge in [0, 0.05) is 16.9 Å². The standard InChI is InChI=1S/C21H19NO5/c1-13-19(21(25)27-3)17(12-14-6-4-5-7-18(14)23)20(24)22(13)15-8-10-16(26-2)11-9-15/h4-12,23H,1-3H3/b17-12-. The lowest BCUT2D eigenvalue weighted by molar-refractivity contribution is -0.136. The first-order valence-corrected chi connectivity index (χ1v) is 8.25. The highest BCUT2D eigenvalue weighted by molar-refractivity contribution is 6.23. The Bertz CT molecular complexity index is 957. The third kappa shape index (κ3) is 3.29. The highest BCUT2D eigenvalue weighted by Crippen LogP contribution is 2.36. The zero-order valence-electron chi connectivity index (χ0n) is 15.2. The van der Waals surface area contributed by atoms with E-state index in [1.807, 2.05) is 0 Å². The molecule has 138 valence electrons. The van der Waals surface area contributed by atoms with E-state index in [9.17, 15) is 14.7 Å². The molecule has 1 amide bonds. The number of esters is 1. The Morgan fingerprint density at radius 2 is 1.74 bits per heavy atom. The first kappa shape index (κ1) is 18.3. The van der Waals surface area contributed by atoms with Gasteiger partial charge < -0.3 is 14.6 Å². The molecule has 0 saturated heterocycles. The van der Waals surface area contributed by atoms with Gasteiger partial charge in [-0.3, -0.25) is 9.69 Å². The number of rotatable bonds is 4. The number of benzene rings is 2.